The summed E-state index contributed by atoms with van der Waals surface area (Å²) >= 11 is 5.35. The Hall–Kier alpha value is -0.880. The average molecular weight is 208 g/mol. The maximum atomic E-state index is 11.2. The van der Waals surface area contributed by atoms with Gasteiger partial charge in [0, 0.05) is 5.03 Å². The summed E-state index contributed by atoms with van der Waals surface area (Å²) in [5, 5.41) is 8.91. The fraction of sp³-hybridized carbons (Fsp3) is 0.200. The summed E-state index contributed by atoms with van der Waals surface area (Å²) in [6, 6.07) is 0. The van der Waals surface area contributed by atoms with Crippen molar-refractivity contribution in [2.45, 2.75) is 5.03 Å². The molecular formula is C5H6ClN3O2S. The van der Waals surface area contributed by atoms with Gasteiger partial charge in [-0.05, 0) is 0 Å². The molecule has 0 bridgehead atoms. The van der Waals surface area contributed by atoms with Crippen molar-refractivity contribution in [3.05, 3.63) is 17.8 Å². The lowest BCUT2D eigenvalue weighted by Crippen LogP contribution is -2.06. The normalized spacial score (nSPS) is 11.4. The van der Waals surface area contributed by atoms with Gasteiger partial charge in [-0.1, -0.05) is 18.2 Å². The first-order valence-corrected chi connectivity index (χ1v) is 4.97. The van der Waals surface area contributed by atoms with Crippen molar-refractivity contribution in [1.82, 2.24) is 15.4 Å². The van der Waals surface area contributed by atoms with E-state index in [1.807, 2.05) is 0 Å². The molecule has 0 fully saturated rings. The Morgan fingerprint density at radius 3 is 2.83 bits per heavy atom. The Labute approximate surface area is 74.4 Å². The van der Waals surface area contributed by atoms with Crippen molar-refractivity contribution in [1.29, 1.82) is 0 Å². The van der Waals surface area contributed by atoms with Crippen LogP contribution in [-0.4, -0.2) is 29.6 Å². The third-order valence-corrected chi connectivity index (χ3v) is 2.91. The molecule has 1 rings (SSSR count). The molecule has 12 heavy (non-hydrogen) atoms. The predicted molar refractivity (Wildman–Crippen MR) is 43.4 cm³/mol. The van der Waals surface area contributed by atoms with E-state index in [0.717, 1.165) is 6.20 Å². The molecule has 0 aliphatic heterocycles. The van der Waals surface area contributed by atoms with E-state index in [-0.39, 0.29) is 15.8 Å². The number of hydrogen-bond acceptors (Lipinski definition) is 4. The summed E-state index contributed by atoms with van der Waals surface area (Å²) in [5.74, 6) is -0.318. The zero-order valence-electron chi connectivity index (χ0n) is 5.99. The van der Waals surface area contributed by atoms with E-state index in [9.17, 15) is 8.42 Å². The Balaban J connectivity index is 2.96. The minimum absolute atomic E-state index is 0.0537. The Kier molecular flexibility index (Phi) is 2.49. The van der Waals surface area contributed by atoms with Gasteiger partial charge in [-0.3, -0.25) is 0 Å². The van der Waals surface area contributed by atoms with Crippen molar-refractivity contribution in [3.8, 4) is 0 Å². The van der Waals surface area contributed by atoms with E-state index in [2.05, 4.69) is 22.0 Å². The molecule has 66 valence electrons. The molecule has 0 aromatic carbocycles. The molecule has 0 aliphatic rings. The van der Waals surface area contributed by atoms with Crippen LogP contribution in [0.4, 0.5) is 0 Å². The molecule has 0 aliphatic carbocycles. The van der Waals surface area contributed by atoms with Gasteiger partial charge in [-0.25, -0.2) is 8.42 Å². The van der Waals surface area contributed by atoms with E-state index in [1.165, 1.54) is 0 Å². The first-order valence-electron chi connectivity index (χ1n) is 2.94. The number of nitrogens with zero attached hydrogens (tertiary/aromatic N) is 2. The van der Waals surface area contributed by atoms with Gasteiger partial charge >= 0.3 is 0 Å². The molecule has 1 N–H and O–H groups in total. The summed E-state index contributed by atoms with van der Waals surface area (Å²) in [6.07, 6.45) is 1.12. The van der Waals surface area contributed by atoms with Crippen LogP contribution in [0, 0.1) is 0 Å². The molecule has 0 amide bonds. The summed E-state index contributed by atoms with van der Waals surface area (Å²) in [6.45, 7) is 3.28. The maximum Gasteiger partial charge on any atom is 0.204 e. The van der Waals surface area contributed by atoms with Crippen LogP contribution < -0.4 is 0 Å². The van der Waals surface area contributed by atoms with Crippen LogP contribution in [0.25, 0.3) is 0 Å². The smallest absolute Gasteiger partial charge is 0.204 e. The van der Waals surface area contributed by atoms with Crippen LogP contribution in [0.1, 0.15) is 0 Å². The number of hydrogen-bond donors (Lipinski definition) is 1. The van der Waals surface area contributed by atoms with Crippen LogP contribution in [0.2, 0.25) is 0 Å². The van der Waals surface area contributed by atoms with Gasteiger partial charge in [0.25, 0.3) is 0 Å². The van der Waals surface area contributed by atoms with Crippen LogP contribution in [-0.2, 0) is 9.84 Å². The molecule has 1 aromatic rings. The number of aromatic amines is 1. The molecule has 0 saturated carbocycles. The fourth-order valence-corrected chi connectivity index (χ4v) is 2.01. The molecule has 0 radical (unpaired) electrons. The number of nitrogens with one attached hydrogen (secondary N) is 1. The molecule has 0 atom stereocenters. The second-order valence-corrected chi connectivity index (χ2v) is 4.56. The number of halogens is 1. The van der Waals surface area contributed by atoms with E-state index < -0.39 is 9.84 Å². The lowest BCUT2D eigenvalue weighted by Gasteiger charge is -1.95. The highest BCUT2D eigenvalue weighted by atomic mass is 35.5. The first kappa shape index (κ1) is 9.21. The van der Waals surface area contributed by atoms with Crippen molar-refractivity contribution in [3.63, 3.8) is 0 Å². The summed E-state index contributed by atoms with van der Waals surface area (Å²) < 4.78 is 22.5. The van der Waals surface area contributed by atoms with Crippen LogP contribution >= 0.6 is 11.6 Å². The van der Waals surface area contributed by atoms with Crippen LogP contribution in [0.3, 0.4) is 0 Å². The first-order chi connectivity index (χ1) is 5.52. The third kappa shape index (κ3) is 2.05. The molecule has 5 nitrogen and oxygen atoms in total. The minimum Gasteiger partial charge on any atom is -0.222 e. The van der Waals surface area contributed by atoms with E-state index >= 15 is 0 Å². The predicted octanol–water partition coefficient (Wildman–Crippen LogP) is 0.331. The Morgan fingerprint density at radius 1 is 1.75 bits per heavy atom. The fourth-order valence-electron chi connectivity index (χ4n) is 0.621. The molecule has 0 spiro atoms. The van der Waals surface area contributed by atoms with Crippen LogP contribution in [0.5, 0.6) is 0 Å². The zero-order valence-corrected chi connectivity index (χ0v) is 7.56. The summed E-state index contributed by atoms with van der Waals surface area (Å²) in [4.78, 5) is 0. The van der Waals surface area contributed by atoms with Gasteiger partial charge in [-0.15, -0.1) is 5.10 Å². The molecular weight excluding hydrogens is 202 g/mol. The lowest BCUT2D eigenvalue weighted by molar-refractivity contribution is 0.594. The zero-order chi connectivity index (χ0) is 9.19. The molecule has 1 heterocycles. The topological polar surface area (TPSA) is 75.7 Å². The largest absolute Gasteiger partial charge is 0.222 e. The lowest BCUT2D eigenvalue weighted by atomic mass is 10.7. The highest BCUT2D eigenvalue weighted by Gasteiger charge is 2.17. The molecule has 0 saturated heterocycles. The quantitative estimate of drug-likeness (QED) is 0.775. The maximum absolute atomic E-state index is 11.2. The number of H-pyrrole nitrogens is 1. The third-order valence-electron chi connectivity index (χ3n) is 1.06. The van der Waals surface area contributed by atoms with Gasteiger partial charge < -0.3 is 0 Å². The van der Waals surface area contributed by atoms with Gasteiger partial charge in [0.05, 0.1) is 11.9 Å². The monoisotopic (exact) mass is 207 g/mol. The second kappa shape index (κ2) is 3.24. The molecule has 7 heteroatoms. The van der Waals surface area contributed by atoms with Gasteiger partial charge in [0.1, 0.15) is 0 Å². The Bertz CT molecular complexity index is 369. The number of aromatic nitrogens is 3. The summed E-state index contributed by atoms with van der Waals surface area (Å²) in [7, 11) is -3.45. The minimum atomic E-state index is -3.45. The van der Waals surface area contributed by atoms with Crippen molar-refractivity contribution >= 4 is 21.4 Å². The number of sulfone groups is 1. The van der Waals surface area contributed by atoms with Crippen molar-refractivity contribution in [2.75, 3.05) is 5.75 Å². The SMILES string of the molecule is C=C(Cl)CS(=O)(=O)c1cn[nH]n1. The standard InChI is InChI=1S/C5H6ClN3O2S/c1-4(6)3-12(10,11)5-2-7-9-8-5/h2H,1,3H2,(H,7,8,9). The van der Waals surface area contributed by atoms with Gasteiger partial charge in [-0.2, -0.15) is 10.3 Å². The van der Waals surface area contributed by atoms with Crippen molar-refractivity contribution in [2.24, 2.45) is 0 Å². The van der Waals surface area contributed by atoms with Crippen molar-refractivity contribution < 1.29 is 8.42 Å². The van der Waals surface area contributed by atoms with Crippen LogP contribution in [0.15, 0.2) is 22.8 Å². The van der Waals surface area contributed by atoms with E-state index in [4.69, 9.17) is 11.6 Å². The van der Waals surface area contributed by atoms with E-state index in [1.54, 1.807) is 0 Å². The van der Waals surface area contributed by atoms with Gasteiger partial charge in [0.2, 0.25) is 9.84 Å². The average Bonchev–Trinajstić information content (AvgIpc) is 2.32. The number of rotatable bonds is 3. The Morgan fingerprint density at radius 2 is 2.42 bits per heavy atom. The molecule has 0 unspecified atom stereocenters. The molecule has 1 aromatic heterocycles. The summed E-state index contributed by atoms with van der Waals surface area (Å²) in [5.41, 5.74) is 0. The highest BCUT2D eigenvalue weighted by Crippen LogP contribution is 2.10. The van der Waals surface area contributed by atoms with Gasteiger partial charge in [0.15, 0.2) is 5.03 Å². The van der Waals surface area contributed by atoms with E-state index in [0.29, 0.717) is 0 Å². The second-order valence-electron chi connectivity index (χ2n) is 2.08. The highest BCUT2D eigenvalue weighted by molar-refractivity contribution is 7.91.